The van der Waals surface area contributed by atoms with Gasteiger partial charge >= 0.3 is 5.69 Å². The van der Waals surface area contributed by atoms with E-state index in [0.29, 0.717) is 17.7 Å². The van der Waals surface area contributed by atoms with Crippen LogP contribution in [0, 0.1) is 0 Å². The summed E-state index contributed by atoms with van der Waals surface area (Å²) in [6, 6.07) is 0. The minimum atomic E-state index is -0.309. The van der Waals surface area contributed by atoms with Crippen molar-refractivity contribution in [3.8, 4) is 0 Å². The number of unbranched alkanes of at least 4 members (excludes halogenated alkanes) is 4. The molecule has 0 unspecified atom stereocenters. The van der Waals surface area contributed by atoms with Crippen LogP contribution >= 0.6 is 0 Å². The highest BCUT2D eigenvalue weighted by Crippen LogP contribution is 2.04. The molecule has 0 fully saturated rings. The van der Waals surface area contributed by atoms with Crippen molar-refractivity contribution >= 4 is 11.2 Å². The SMILES string of the molecule is Cn1c(=O)n(CCCCCCCN)c(=O)c2[nH]cnc21. The monoisotopic (exact) mass is 279 g/mol. The van der Waals surface area contributed by atoms with E-state index in [2.05, 4.69) is 9.97 Å². The first-order valence-electron chi connectivity index (χ1n) is 6.99. The Morgan fingerprint density at radius 2 is 1.90 bits per heavy atom. The average Bonchev–Trinajstić information content (AvgIpc) is 2.93. The van der Waals surface area contributed by atoms with Crippen LogP contribution in [0.4, 0.5) is 0 Å². The molecule has 0 saturated heterocycles. The maximum atomic E-state index is 12.2. The van der Waals surface area contributed by atoms with Gasteiger partial charge in [-0.15, -0.1) is 0 Å². The predicted molar refractivity (Wildman–Crippen MR) is 77.7 cm³/mol. The molecule has 2 aromatic heterocycles. The molecule has 0 aliphatic rings. The highest BCUT2D eigenvalue weighted by molar-refractivity contribution is 5.68. The summed E-state index contributed by atoms with van der Waals surface area (Å²) in [5.74, 6) is 0. The molecule has 0 bridgehead atoms. The second-order valence-electron chi connectivity index (χ2n) is 4.96. The van der Waals surface area contributed by atoms with Crippen LogP contribution in [0.15, 0.2) is 15.9 Å². The second kappa shape index (κ2) is 6.51. The number of nitrogens with zero attached hydrogens (tertiary/aromatic N) is 3. The number of aryl methyl sites for hydroxylation is 1. The highest BCUT2D eigenvalue weighted by Gasteiger charge is 2.12. The fourth-order valence-electron chi connectivity index (χ4n) is 2.33. The Balaban J connectivity index is 2.10. The molecule has 110 valence electrons. The van der Waals surface area contributed by atoms with E-state index in [0.717, 1.165) is 38.6 Å². The van der Waals surface area contributed by atoms with Gasteiger partial charge < -0.3 is 10.7 Å². The number of imidazole rings is 1. The third-order valence-corrected chi connectivity index (χ3v) is 3.50. The Hall–Kier alpha value is -1.89. The summed E-state index contributed by atoms with van der Waals surface area (Å²) in [4.78, 5) is 31.1. The Bertz CT molecular complexity index is 682. The molecule has 0 aliphatic carbocycles. The first-order valence-corrected chi connectivity index (χ1v) is 6.99. The number of rotatable bonds is 7. The van der Waals surface area contributed by atoms with Crippen molar-refractivity contribution < 1.29 is 0 Å². The number of nitrogens with one attached hydrogen (secondary N) is 1. The predicted octanol–water partition coefficient (Wildman–Crippen LogP) is 0.333. The number of aromatic amines is 1. The molecule has 0 aromatic carbocycles. The molecule has 2 aromatic rings. The Labute approximate surface area is 116 Å². The van der Waals surface area contributed by atoms with Crippen LogP contribution < -0.4 is 17.0 Å². The van der Waals surface area contributed by atoms with Gasteiger partial charge in [-0.05, 0) is 19.4 Å². The van der Waals surface area contributed by atoms with Crippen molar-refractivity contribution in [2.75, 3.05) is 6.54 Å². The third-order valence-electron chi connectivity index (χ3n) is 3.50. The Morgan fingerprint density at radius 1 is 1.20 bits per heavy atom. The number of nitrogens with two attached hydrogens (primary N) is 1. The molecule has 2 heterocycles. The molecule has 0 atom stereocenters. The van der Waals surface area contributed by atoms with Gasteiger partial charge in [-0.25, -0.2) is 9.78 Å². The van der Waals surface area contributed by atoms with Gasteiger partial charge in [0.15, 0.2) is 5.65 Å². The van der Waals surface area contributed by atoms with Crippen LogP contribution in [0.3, 0.4) is 0 Å². The Morgan fingerprint density at radius 3 is 2.65 bits per heavy atom. The van der Waals surface area contributed by atoms with Gasteiger partial charge in [0.1, 0.15) is 5.52 Å². The van der Waals surface area contributed by atoms with Crippen LogP contribution in [-0.4, -0.2) is 25.6 Å². The molecule has 0 spiro atoms. The fourth-order valence-corrected chi connectivity index (χ4v) is 2.33. The molecule has 7 nitrogen and oxygen atoms in total. The zero-order chi connectivity index (χ0) is 14.5. The highest BCUT2D eigenvalue weighted by atomic mass is 16.2. The van der Waals surface area contributed by atoms with E-state index in [1.54, 1.807) is 7.05 Å². The van der Waals surface area contributed by atoms with E-state index in [4.69, 9.17) is 5.73 Å². The molecule has 3 N–H and O–H groups in total. The summed E-state index contributed by atoms with van der Waals surface area (Å²) in [7, 11) is 1.63. The van der Waals surface area contributed by atoms with Gasteiger partial charge in [0.25, 0.3) is 5.56 Å². The van der Waals surface area contributed by atoms with Gasteiger partial charge in [0.2, 0.25) is 0 Å². The molecule has 0 amide bonds. The molecular weight excluding hydrogens is 258 g/mol. The lowest BCUT2D eigenvalue weighted by Crippen LogP contribution is -2.39. The number of hydrogen-bond donors (Lipinski definition) is 2. The molecule has 20 heavy (non-hydrogen) atoms. The minimum absolute atomic E-state index is 0.289. The molecule has 7 heteroatoms. The summed E-state index contributed by atoms with van der Waals surface area (Å²) >= 11 is 0. The first kappa shape index (κ1) is 14.5. The van der Waals surface area contributed by atoms with Gasteiger partial charge in [-0.3, -0.25) is 13.9 Å². The van der Waals surface area contributed by atoms with Gasteiger partial charge in [-0.2, -0.15) is 0 Å². The molecule has 2 rings (SSSR count). The average molecular weight is 279 g/mol. The third kappa shape index (κ3) is 2.82. The maximum absolute atomic E-state index is 12.2. The summed E-state index contributed by atoms with van der Waals surface area (Å²) in [6.45, 7) is 1.17. The van der Waals surface area contributed by atoms with Crippen molar-refractivity contribution in [1.29, 1.82) is 0 Å². The lowest BCUT2D eigenvalue weighted by molar-refractivity contribution is 0.529. The molecular formula is C13H21N5O2. The fraction of sp³-hybridized carbons (Fsp3) is 0.615. The molecule has 0 saturated carbocycles. The lowest BCUT2D eigenvalue weighted by Gasteiger charge is -2.07. The summed E-state index contributed by atoms with van der Waals surface area (Å²) in [5.41, 5.74) is 5.62. The van der Waals surface area contributed by atoms with Crippen molar-refractivity contribution in [2.24, 2.45) is 12.8 Å². The van der Waals surface area contributed by atoms with Crippen LogP contribution in [0.25, 0.3) is 11.2 Å². The smallest absolute Gasteiger partial charge is 0.332 e. The van der Waals surface area contributed by atoms with Crippen molar-refractivity contribution in [2.45, 2.75) is 38.6 Å². The van der Waals surface area contributed by atoms with Gasteiger partial charge in [-0.1, -0.05) is 19.3 Å². The largest absolute Gasteiger partial charge is 0.339 e. The topological polar surface area (TPSA) is 98.7 Å². The van der Waals surface area contributed by atoms with Crippen molar-refractivity contribution in [1.82, 2.24) is 19.1 Å². The number of hydrogen-bond acceptors (Lipinski definition) is 4. The van der Waals surface area contributed by atoms with E-state index >= 15 is 0 Å². The number of H-pyrrole nitrogens is 1. The van der Waals surface area contributed by atoms with Crippen LogP contribution in [0.2, 0.25) is 0 Å². The molecule has 0 aliphatic heterocycles. The second-order valence-corrected chi connectivity index (χ2v) is 4.96. The quantitative estimate of drug-likeness (QED) is 0.714. The minimum Gasteiger partial charge on any atom is -0.339 e. The Kier molecular flexibility index (Phi) is 4.73. The lowest BCUT2D eigenvalue weighted by atomic mass is 10.1. The van der Waals surface area contributed by atoms with E-state index in [1.165, 1.54) is 15.5 Å². The zero-order valence-corrected chi connectivity index (χ0v) is 11.8. The standard InChI is InChI=1S/C13H21N5O2/c1-17-11-10(15-9-16-11)12(19)18(13(17)20)8-6-4-2-3-5-7-14/h9H,2-8,14H2,1H3,(H,15,16). The van der Waals surface area contributed by atoms with E-state index < -0.39 is 0 Å². The van der Waals surface area contributed by atoms with Gasteiger partial charge in [0.05, 0.1) is 6.33 Å². The van der Waals surface area contributed by atoms with Crippen LogP contribution in [0.5, 0.6) is 0 Å². The van der Waals surface area contributed by atoms with E-state index in [-0.39, 0.29) is 11.2 Å². The van der Waals surface area contributed by atoms with Crippen molar-refractivity contribution in [3.63, 3.8) is 0 Å². The van der Waals surface area contributed by atoms with Gasteiger partial charge in [0, 0.05) is 13.6 Å². The normalized spacial score (nSPS) is 11.3. The first-order chi connectivity index (χ1) is 9.66. The van der Waals surface area contributed by atoms with Crippen LogP contribution in [-0.2, 0) is 13.6 Å². The number of aromatic nitrogens is 4. The van der Waals surface area contributed by atoms with Crippen molar-refractivity contribution in [3.05, 3.63) is 27.2 Å². The zero-order valence-electron chi connectivity index (χ0n) is 11.8. The van der Waals surface area contributed by atoms with E-state index in [1.807, 2.05) is 0 Å². The number of fused-ring (bicyclic) bond motifs is 1. The molecule has 0 radical (unpaired) electrons. The maximum Gasteiger partial charge on any atom is 0.332 e. The summed E-state index contributed by atoms with van der Waals surface area (Å²) < 4.78 is 2.69. The summed E-state index contributed by atoms with van der Waals surface area (Å²) in [6.07, 6.45) is 6.46. The van der Waals surface area contributed by atoms with Crippen LogP contribution in [0.1, 0.15) is 32.1 Å². The van der Waals surface area contributed by atoms with E-state index in [9.17, 15) is 9.59 Å². The summed E-state index contributed by atoms with van der Waals surface area (Å²) in [5, 5.41) is 0.